The van der Waals surface area contributed by atoms with Gasteiger partial charge in [0.05, 0.1) is 11.4 Å². The maximum absolute atomic E-state index is 12.8. The zero-order valence-electron chi connectivity index (χ0n) is 19.7. The van der Waals surface area contributed by atoms with Crippen LogP contribution in [0.4, 0.5) is 11.4 Å². The molecule has 0 aromatic heterocycles. The number of hydrogen-bond acceptors (Lipinski definition) is 5. The predicted molar refractivity (Wildman–Crippen MR) is 133 cm³/mol. The first-order chi connectivity index (χ1) is 16.3. The standard InChI is InChI=1S/C25H32N4O4S/c1-18(2)26-25(31)22-7-5-9-23-21(22)8-6-14-28(23)17-24(30)27-19-10-12-20(13-11-19)34(32,33)29-15-3-4-16-29/h5,7,9-13,18H,3-4,6,8,14-17H2,1-2H3,(H,26,31)(H,27,30). The van der Waals surface area contributed by atoms with E-state index in [1.54, 1.807) is 24.3 Å². The summed E-state index contributed by atoms with van der Waals surface area (Å²) in [5.41, 5.74) is 3.08. The van der Waals surface area contributed by atoms with E-state index in [2.05, 4.69) is 10.6 Å². The molecule has 0 bridgehead atoms. The van der Waals surface area contributed by atoms with Gasteiger partial charge >= 0.3 is 0 Å². The van der Waals surface area contributed by atoms with Crippen molar-refractivity contribution in [2.75, 3.05) is 36.4 Å². The summed E-state index contributed by atoms with van der Waals surface area (Å²) >= 11 is 0. The number of fused-ring (bicyclic) bond motifs is 1. The molecule has 2 aromatic carbocycles. The van der Waals surface area contributed by atoms with Gasteiger partial charge in [-0.15, -0.1) is 0 Å². The molecule has 2 N–H and O–H groups in total. The third-order valence-corrected chi connectivity index (χ3v) is 8.10. The van der Waals surface area contributed by atoms with E-state index >= 15 is 0 Å². The van der Waals surface area contributed by atoms with Crippen molar-refractivity contribution in [3.05, 3.63) is 53.6 Å². The third-order valence-electron chi connectivity index (χ3n) is 6.19. The fraction of sp³-hybridized carbons (Fsp3) is 0.440. The molecule has 1 saturated heterocycles. The maximum atomic E-state index is 12.8. The van der Waals surface area contributed by atoms with Crippen molar-refractivity contribution in [2.45, 2.75) is 50.5 Å². The van der Waals surface area contributed by atoms with Crippen molar-refractivity contribution in [1.29, 1.82) is 0 Å². The molecule has 2 heterocycles. The second-order valence-corrected chi connectivity index (χ2v) is 11.1. The Morgan fingerprint density at radius 1 is 0.971 bits per heavy atom. The van der Waals surface area contributed by atoms with Crippen molar-refractivity contribution in [1.82, 2.24) is 9.62 Å². The van der Waals surface area contributed by atoms with Crippen molar-refractivity contribution in [2.24, 2.45) is 0 Å². The largest absolute Gasteiger partial charge is 0.362 e. The summed E-state index contributed by atoms with van der Waals surface area (Å²) in [6, 6.07) is 12.0. The van der Waals surface area contributed by atoms with Gasteiger partial charge in [0.1, 0.15) is 0 Å². The van der Waals surface area contributed by atoms with Crippen LogP contribution in [-0.2, 0) is 21.2 Å². The number of amides is 2. The molecule has 0 spiro atoms. The third kappa shape index (κ3) is 5.26. The average molecular weight is 485 g/mol. The molecule has 182 valence electrons. The Kier molecular flexibility index (Phi) is 7.23. The van der Waals surface area contributed by atoms with Crippen LogP contribution in [0, 0.1) is 0 Å². The van der Waals surface area contributed by atoms with Gasteiger partial charge in [-0.2, -0.15) is 4.31 Å². The Balaban J connectivity index is 1.43. The summed E-state index contributed by atoms with van der Waals surface area (Å²) < 4.78 is 26.9. The van der Waals surface area contributed by atoms with Crippen LogP contribution in [0.1, 0.15) is 49.0 Å². The first kappa shape index (κ1) is 24.2. The number of carbonyl (C=O) groups is 2. The van der Waals surface area contributed by atoms with Gasteiger partial charge in [-0.3, -0.25) is 9.59 Å². The van der Waals surface area contributed by atoms with E-state index in [0.717, 1.165) is 43.5 Å². The minimum atomic E-state index is -3.48. The van der Waals surface area contributed by atoms with E-state index < -0.39 is 10.0 Å². The average Bonchev–Trinajstić information content (AvgIpc) is 3.35. The van der Waals surface area contributed by atoms with Crippen LogP contribution in [0.25, 0.3) is 0 Å². The highest BCUT2D eigenvalue weighted by molar-refractivity contribution is 7.89. The van der Waals surface area contributed by atoms with E-state index in [9.17, 15) is 18.0 Å². The molecule has 9 heteroatoms. The minimum absolute atomic E-state index is 0.0468. The minimum Gasteiger partial charge on any atom is -0.362 e. The smallest absolute Gasteiger partial charge is 0.251 e. The molecule has 2 aliphatic heterocycles. The van der Waals surface area contributed by atoms with Gasteiger partial charge in [0, 0.05) is 42.6 Å². The maximum Gasteiger partial charge on any atom is 0.251 e. The quantitative estimate of drug-likeness (QED) is 0.630. The molecule has 2 amide bonds. The fourth-order valence-corrected chi connectivity index (χ4v) is 6.10. The highest BCUT2D eigenvalue weighted by Gasteiger charge is 2.27. The van der Waals surface area contributed by atoms with Crippen LogP contribution in [0.2, 0.25) is 0 Å². The Hall–Kier alpha value is -2.91. The van der Waals surface area contributed by atoms with E-state index in [-0.39, 0.29) is 29.3 Å². The lowest BCUT2D eigenvalue weighted by atomic mass is 9.95. The molecule has 0 radical (unpaired) electrons. The number of carbonyl (C=O) groups excluding carboxylic acids is 2. The number of hydrogen-bond donors (Lipinski definition) is 2. The lowest BCUT2D eigenvalue weighted by Gasteiger charge is -2.32. The summed E-state index contributed by atoms with van der Waals surface area (Å²) in [6.45, 7) is 5.84. The zero-order valence-corrected chi connectivity index (χ0v) is 20.5. The molecule has 0 atom stereocenters. The highest BCUT2D eigenvalue weighted by Crippen LogP contribution is 2.30. The Morgan fingerprint density at radius 3 is 2.35 bits per heavy atom. The lowest BCUT2D eigenvalue weighted by Crippen LogP contribution is -2.38. The Bertz CT molecular complexity index is 1160. The second kappa shape index (κ2) is 10.1. The molecule has 0 unspecified atom stereocenters. The highest BCUT2D eigenvalue weighted by atomic mass is 32.2. The first-order valence-corrected chi connectivity index (χ1v) is 13.3. The number of nitrogens with zero attached hydrogens (tertiary/aromatic N) is 2. The van der Waals surface area contributed by atoms with E-state index in [1.807, 2.05) is 36.9 Å². The lowest BCUT2D eigenvalue weighted by molar-refractivity contribution is -0.115. The van der Waals surface area contributed by atoms with Crippen molar-refractivity contribution >= 4 is 33.2 Å². The van der Waals surface area contributed by atoms with E-state index in [4.69, 9.17) is 0 Å². The first-order valence-electron chi connectivity index (χ1n) is 11.8. The van der Waals surface area contributed by atoms with Crippen molar-refractivity contribution < 1.29 is 18.0 Å². The van der Waals surface area contributed by atoms with Crippen LogP contribution in [0.5, 0.6) is 0 Å². The monoisotopic (exact) mass is 484 g/mol. The number of sulfonamides is 1. The molecule has 4 rings (SSSR count). The molecule has 2 aromatic rings. The van der Waals surface area contributed by atoms with Gasteiger partial charge < -0.3 is 15.5 Å². The molecule has 34 heavy (non-hydrogen) atoms. The number of rotatable bonds is 7. The summed E-state index contributed by atoms with van der Waals surface area (Å²) in [7, 11) is -3.48. The molecule has 1 fully saturated rings. The van der Waals surface area contributed by atoms with Gasteiger partial charge in [-0.25, -0.2) is 8.42 Å². The SMILES string of the molecule is CC(C)NC(=O)c1cccc2c1CCCN2CC(=O)Nc1ccc(S(=O)(=O)N2CCCC2)cc1. The zero-order chi connectivity index (χ0) is 24.3. The predicted octanol–water partition coefficient (Wildman–Crippen LogP) is 3.00. The Morgan fingerprint density at radius 2 is 1.68 bits per heavy atom. The van der Waals surface area contributed by atoms with Gasteiger partial charge in [-0.1, -0.05) is 6.07 Å². The van der Waals surface area contributed by atoms with Crippen molar-refractivity contribution in [3.63, 3.8) is 0 Å². The number of benzene rings is 2. The van der Waals surface area contributed by atoms with Gasteiger partial charge in [0.15, 0.2) is 0 Å². The van der Waals surface area contributed by atoms with Crippen LogP contribution < -0.4 is 15.5 Å². The summed E-state index contributed by atoms with van der Waals surface area (Å²) in [4.78, 5) is 27.6. The molecule has 2 aliphatic rings. The molecule has 0 aliphatic carbocycles. The second-order valence-electron chi connectivity index (χ2n) is 9.14. The van der Waals surface area contributed by atoms with Crippen LogP contribution >= 0.6 is 0 Å². The van der Waals surface area contributed by atoms with Crippen LogP contribution in [-0.4, -0.2) is 56.8 Å². The normalized spacial score (nSPS) is 16.4. The fourth-order valence-electron chi connectivity index (χ4n) is 4.58. The topological polar surface area (TPSA) is 98.8 Å². The molecule has 8 nitrogen and oxygen atoms in total. The van der Waals surface area contributed by atoms with E-state index in [1.165, 1.54) is 4.31 Å². The molecule has 0 saturated carbocycles. The van der Waals surface area contributed by atoms with Crippen LogP contribution in [0.15, 0.2) is 47.4 Å². The Labute approximate surface area is 201 Å². The van der Waals surface area contributed by atoms with E-state index in [0.29, 0.717) is 24.3 Å². The van der Waals surface area contributed by atoms with Crippen LogP contribution in [0.3, 0.4) is 0 Å². The summed E-state index contributed by atoms with van der Waals surface area (Å²) in [5, 5.41) is 5.81. The summed E-state index contributed by atoms with van der Waals surface area (Å²) in [6.07, 6.45) is 3.42. The molecular weight excluding hydrogens is 452 g/mol. The van der Waals surface area contributed by atoms with Gasteiger partial charge in [0.2, 0.25) is 15.9 Å². The number of nitrogens with one attached hydrogen (secondary N) is 2. The summed E-state index contributed by atoms with van der Waals surface area (Å²) in [5.74, 6) is -0.290. The number of anilines is 2. The molecular formula is C25H32N4O4S. The van der Waals surface area contributed by atoms with Gasteiger partial charge in [-0.05, 0) is 81.5 Å². The van der Waals surface area contributed by atoms with Crippen molar-refractivity contribution in [3.8, 4) is 0 Å². The van der Waals surface area contributed by atoms with Gasteiger partial charge in [0.25, 0.3) is 5.91 Å².